The Balaban J connectivity index is 1.88. The van der Waals surface area contributed by atoms with E-state index in [-0.39, 0.29) is 11.9 Å². The average Bonchev–Trinajstić information content (AvgIpc) is 2.54. The number of nitrogens with one attached hydrogen (secondary N) is 2. The molecule has 21 heavy (non-hydrogen) atoms. The highest BCUT2D eigenvalue weighted by Crippen LogP contribution is 2.12. The van der Waals surface area contributed by atoms with Crippen molar-refractivity contribution in [2.45, 2.75) is 45.2 Å². The molecule has 1 aromatic rings. The van der Waals surface area contributed by atoms with Crippen LogP contribution in [0.25, 0.3) is 0 Å². The number of hydrogen-bond donors (Lipinski definition) is 2. The summed E-state index contributed by atoms with van der Waals surface area (Å²) >= 11 is 0. The second-order valence-corrected chi connectivity index (χ2v) is 5.77. The summed E-state index contributed by atoms with van der Waals surface area (Å²) in [5.41, 5.74) is 0.862. The summed E-state index contributed by atoms with van der Waals surface area (Å²) in [6, 6.07) is 10.1. The Morgan fingerprint density at radius 3 is 2.76 bits per heavy atom. The minimum atomic E-state index is -0.112. The lowest BCUT2D eigenvalue weighted by atomic mass is 10.0. The largest absolute Gasteiger partial charge is 0.325 e. The third-order valence-corrected chi connectivity index (χ3v) is 4.24. The minimum Gasteiger partial charge on any atom is -0.325 e. The second kappa shape index (κ2) is 8.15. The number of amides is 1. The van der Waals surface area contributed by atoms with Gasteiger partial charge in [-0.3, -0.25) is 9.69 Å². The minimum absolute atomic E-state index is 0.0684. The van der Waals surface area contributed by atoms with Gasteiger partial charge in [0.2, 0.25) is 5.91 Å². The number of carbonyl (C=O) groups is 1. The predicted octanol–water partition coefficient (Wildman–Crippen LogP) is 2.48. The fraction of sp³-hybridized carbons (Fsp3) is 0.588. The number of carbonyl (C=O) groups excluding carboxylic acids is 1. The molecule has 4 nitrogen and oxygen atoms in total. The zero-order valence-electron chi connectivity index (χ0n) is 13.1. The number of benzene rings is 1. The molecule has 0 aromatic heterocycles. The maximum absolute atomic E-state index is 12.4. The van der Waals surface area contributed by atoms with Crippen molar-refractivity contribution in [3.8, 4) is 0 Å². The van der Waals surface area contributed by atoms with E-state index in [4.69, 9.17) is 0 Å². The van der Waals surface area contributed by atoms with Gasteiger partial charge in [-0.15, -0.1) is 0 Å². The van der Waals surface area contributed by atoms with Crippen LogP contribution in [0.15, 0.2) is 30.3 Å². The van der Waals surface area contributed by atoms with E-state index in [0.29, 0.717) is 6.04 Å². The molecule has 0 aliphatic carbocycles. The molecule has 2 rings (SSSR count). The highest BCUT2D eigenvalue weighted by Gasteiger charge is 2.23. The number of para-hydroxylation sites is 1. The SMILES string of the molecule is CCN(CC1CCCCN1)C(C)C(=O)Nc1ccccc1. The summed E-state index contributed by atoms with van der Waals surface area (Å²) in [5.74, 6) is 0.0684. The molecule has 1 fully saturated rings. The zero-order chi connectivity index (χ0) is 15.1. The van der Waals surface area contributed by atoms with Crippen molar-refractivity contribution in [3.05, 3.63) is 30.3 Å². The molecule has 1 heterocycles. The lowest BCUT2D eigenvalue weighted by molar-refractivity contribution is -0.120. The molecule has 1 aliphatic rings. The molecule has 4 heteroatoms. The summed E-state index contributed by atoms with van der Waals surface area (Å²) < 4.78 is 0. The average molecular weight is 289 g/mol. The van der Waals surface area contributed by atoms with Gasteiger partial charge in [0.25, 0.3) is 0 Å². The van der Waals surface area contributed by atoms with E-state index in [1.807, 2.05) is 37.3 Å². The van der Waals surface area contributed by atoms with Crippen molar-refractivity contribution in [1.29, 1.82) is 0 Å². The Bertz CT molecular complexity index is 429. The molecule has 0 bridgehead atoms. The Morgan fingerprint density at radius 2 is 2.14 bits per heavy atom. The smallest absolute Gasteiger partial charge is 0.241 e. The molecule has 1 aromatic carbocycles. The molecule has 1 amide bonds. The lowest BCUT2D eigenvalue weighted by Crippen LogP contribution is -2.49. The quantitative estimate of drug-likeness (QED) is 0.845. The normalized spacial score (nSPS) is 20.2. The van der Waals surface area contributed by atoms with E-state index in [0.717, 1.165) is 25.3 Å². The summed E-state index contributed by atoms with van der Waals surface area (Å²) in [4.78, 5) is 14.6. The van der Waals surface area contributed by atoms with Gasteiger partial charge in [-0.25, -0.2) is 0 Å². The van der Waals surface area contributed by atoms with E-state index in [2.05, 4.69) is 22.5 Å². The third-order valence-electron chi connectivity index (χ3n) is 4.24. The summed E-state index contributed by atoms with van der Waals surface area (Å²) in [6.07, 6.45) is 3.77. The van der Waals surface area contributed by atoms with Crippen LogP contribution in [0.5, 0.6) is 0 Å². The Kier molecular flexibility index (Phi) is 6.21. The van der Waals surface area contributed by atoms with Crippen LogP contribution >= 0.6 is 0 Å². The fourth-order valence-corrected chi connectivity index (χ4v) is 2.86. The highest BCUT2D eigenvalue weighted by atomic mass is 16.2. The molecule has 116 valence electrons. The van der Waals surface area contributed by atoms with Crippen LogP contribution in [0.1, 0.15) is 33.1 Å². The van der Waals surface area contributed by atoms with Gasteiger partial charge in [-0.1, -0.05) is 31.5 Å². The van der Waals surface area contributed by atoms with Crippen molar-refractivity contribution in [2.24, 2.45) is 0 Å². The van der Waals surface area contributed by atoms with Crippen molar-refractivity contribution in [3.63, 3.8) is 0 Å². The summed E-state index contributed by atoms with van der Waals surface area (Å²) in [5, 5.41) is 6.55. The van der Waals surface area contributed by atoms with Crippen LogP contribution in [-0.4, -0.2) is 42.5 Å². The van der Waals surface area contributed by atoms with Crippen LogP contribution in [0.2, 0.25) is 0 Å². The van der Waals surface area contributed by atoms with Gasteiger partial charge in [0.15, 0.2) is 0 Å². The van der Waals surface area contributed by atoms with E-state index < -0.39 is 0 Å². The van der Waals surface area contributed by atoms with Crippen LogP contribution in [0.4, 0.5) is 5.69 Å². The van der Waals surface area contributed by atoms with E-state index in [1.54, 1.807) is 0 Å². The monoisotopic (exact) mass is 289 g/mol. The standard InChI is InChI=1S/C17H27N3O/c1-3-20(13-16-11-7-8-12-18-16)14(2)17(21)19-15-9-5-4-6-10-15/h4-6,9-10,14,16,18H,3,7-8,11-13H2,1-2H3,(H,19,21). The first kappa shape index (κ1) is 16.0. The van der Waals surface area contributed by atoms with E-state index in [1.165, 1.54) is 19.3 Å². The highest BCUT2D eigenvalue weighted by molar-refractivity contribution is 5.94. The van der Waals surface area contributed by atoms with Crippen molar-refractivity contribution in [2.75, 3.05) is 25.0 Å². The van der Waals surface area contributed by atoms with Crippen molar-refractivity contribution < 1.29 is 4.79 Å². The van der Waals surface area contributed by atoms with Gasteiger partial charge in [-0.2, -0.15) is 0 Å². The van der Waals surface area contributed by atoms with Crippen LogP contribution in [0, 0.1) is 0 Å². The number of nitrogens with zero attached hydrogens (tertiary/aromatic N) is 1. The van der Waals surface area contributed by atoms with Crippen LogP contribution in [0.3, 0.4) is 0 Å². The number of piperidine rings is 1. The topological polar surface area (TPSA) is 44.4 Å². The Hall–Kier alpha value is -1.39. The Labute approximate surface area is 127 Å². The lowest BCUT2D eigenvalue weighted by Gasteiger charge is -2.33. The molecule has 2 N–H and O–H groups in total. The number of anilines is 1. The first-order chi connectivity index (χ1) is 10.2. The van der Waals surface area contributed by atoms with Gasteiger partial charge in [-0.05, 0) is 45.0 Å². The molecule has 0 radical (unpaired) electrons. The summed E-state index contributed by atoms with van der Waals surface area (Å²) in [7, 11) is 0. The zero-order valence-corrected chi connectivity index (χ0v) is 13.1. The van der Waals surface area contributed by atoms with Crippen LogP contribution < -0.4 is 10.6 Å². The van der Waals surface area contributed by atoms with Gasteiger partial charge in [0.05, 0.1) is 6.04 Å². The van der Waals surface area contributed by atoms with Gasteiger partial charge in [0.1, 0.15) is 0 Å². The first-order valence-corrected chi connectivity index (χ1v) is 8.04. The maximum Gasteiger partial charge on any atom is 0.241 e. The number of rotatable bonds is 6. The molecule has 0 spiro atoms. The third kappa shape index (κ3) is 4.83. The van der Waals surface area contributed by atoms with E-state index in [9.17, 15) is 4.79 Å². The maximum atomic E-state index is 12.4. The van der Waals surface area contributed by atoms with Gasteiger partial charge >= 0.3 is 0 Å². The molecular formula is C17H27N3O. The Morgan fingerprint density at radius 1 is 1.38 bits per heavy atom. The van der Waals surface area contributed by atoms with E-state index >= 15 is 0 Å². The molecule has 2 unspecified atom stereocenters. The second-order valence-electron chi connectivity index (χ2n) is 5.77. The first-order valence-electron chi connectivity index (χ1n) is 8.04. The molecule has 1 aliphatic heterocycles. The number of hydrogen-bond acceptors (Lipinski definition) is 3. The van der Waals surface area contributed by atoms with Crippen molar-refractivity contribution in [1.82, 2.24) is 10.2 Å². The van der Waals surface area contributed by atoms with Crippen molar-refractivity contribution >= 4 is 11.6 Å². The summed E-state index contributed by atoms with van der Waals surface area (Å²) in [6.45, 7) is 7.05. The number of likely N-dealkylation sites (N-methyl/N-ethyl adjacent to an activating group) is 1. The fourth-order valence-electron chi connectivity index (χ4n) is 2.86. The van der Waals surface area contributed by atoms with Crippen LogP contribution in [-0.2, 0) is 4.79 Å². The molecular weight excluding hydrogens is 262 g/mol. The molecule has 1 saturated heterocycles. The van der Waals surface area contributed by atoms with Gasteiger partial charge < -0.3 is 10.6 Å². The molecule has 0 saturated carbocycles. The van der Waals surface area contributed by atoms with Gasteiger partial charge in [0, 0.05) is 18.3 Å². The predicted molar refractivity (Wildman–Crippen MR) is 87.4 cm³/mol. The molecule has 2 atom stereocenters.